The van der Waals surface area contributed by atoms with Gasteiger partial charge in [-0.2, -0.15) is 0 Å². The Kier molecular flexibility index (Phi) is 5.48. The van der Waals surface area contributed by atoms with Crippen molar-refractivity contribution in [3.05, 3.63) is 83.7 Å². The van der Waals surface area contributed by atoms with Crippen LogP contribution in [-0.4, -0.2) is 38.4 Å². The van der Waals surface area contributed by atoms with E-state index in [-0.39, 0.29) is 11.9 Å². The first-order valence-electron chi connectivity index (χ1n) is 9.67. The van der Waals surface area contributed by atoms with Crippen molar-refractivity contribution >= 4 is 5.91 Å². The van der Waals surface area contributed by atoms with Crippen LogP contribution in [-0.2, 0) is 31.2 Å². The van der Waals surface area contributed by atoms with Crippen LogP contribution in [0.5, 0.6) is 0 Å². The summed E-state index contributed by atoms with van der Waals surface area (Å²) in [5.74, 6) is 0.0318. The number of carbonyl (C=O) groups excluding carboxylic acids is 1. The molecule has 0 radical (unpaired) electrons. The van der Waals surface area contributed by atoms with Gasteiger partial charge in [0, 0.05) is 45.5 Å². The van der Waals surface area contributed by atoms with Gasteiger partial charge in [-0.15, -0.1) is 0 Å². The third kappa shape index (κ3) is 3.97. The number of nitrogens with zero attached hydrogens (tertiary/aromatic N) is 4. The quantitative estimate of drug-likeness (QED) is 0.718. The standard InChI is InChI=1S/C22H25N5O/c1-26-16-25-19-10-13-27(15-18-6-3-2-4-7-18)21(20(19)26)22(28)24-12-9-17-8-5-11-23-14-17/h2-8,11,14,16,21H,9-10,12-13,15H2,1H3,(H,24,28). The Hall–Kier alpha value is -2.99. The SMILES string of the molecule is Cn1cnc2c1C(C(=O)NCCc1cccnc1)N(Cc1ccccc1)CC2. The molecule has 3 aromatic rings. The van der Waals surface area contributed by atoms with Crippen molar-refractivity contribution in [3.63, 3.8) is 0 Å². The molecule has 3 heterocycles. The number of rotatable bonds is 6. The van der Waals surface area contributed by atoms with E-state index in [1.54, 1.807) is 6.20 Å². The fourth-order valence-electron chi connectivity index (χ4n) is 3.83. The minimum atomic E-state index is -0.328. The highest BCUT2D eigenvalue weighted by atomic mass is 16.2. The van der Waals surface area contributed by atoms with Gasteiger partial charge in [-0.3, -0.25) is 14.7 Å². The number of imidazole rings is 1. The number of aromatic nitrogens is 3. The first-order chi connectivity index (χ1) is 13.7. The highest BCUT2D eigenvalue weighted by Crippen LogP contribution is 2.30. The lowest BCUT2D eigenvalue weighted by Crippen LogP contribution is -2.45. The van der Waals surface area contributed by atoms with Crippen molar-refractivity contribution < 1.29 is 4.79 Å². The number of amides is 1. The van der Waals surface area contributed by atoms with E-state index in [0.717, 1.165) is 42.9 Å². The Labute approximate surface area is 165 Å². The number of nitrogens with one attached hydrogen (secondary N) is 1. The van der Waals surface area contributed by atoms with Crippen molar-refractivity contribution in [1.29, 1.82) is 0 Å². The third-order valence-electron chi connectivity index (χ3n) is 5.23. The Bertz CT molecular complexity index is 923. The lowest BCUT2D eigenvalue weighted by molar-refractivity contribution is -0.127. The largest absolute Gasteiger partial charge is 0.354 e. The zero-order valence-corrected chi connectivity index (χ0v) is 16.1. The smallest absolute Gasteiger partial charge is 0.243 e. The second-order valence-corrected chi connectivity index (χ2v) is 7.20. The van der Waals surface area contributed by atoms with Crippen LogP contribution in [0.2, 0.25) is 0 Å². The molecule has 0 bridgehead atoms. The van der Waals surface area contributed by atoms with Gasteiger partial charge in [0.05, 0.1) is 17.7 Å². The molecule has 0 aliphatic carbocycles. The van der Waals surface area contributed by atoms with Crippen molar-refractivity contribution in [2.24, 2.45) is 7.05 Å². The summed E-state index contributed by atoms with van der Waals surface area (Å²) in [5, 5.41) is 3.13. The summed E-state index contributed by atoms with van der Waals surface area (Å²) in [6, 6.07) is 13.9. The third-order valence-corrected chi connectivity index (χ3v) is 5.23. The van der Waals surface area contributed by atoms with Gasteiger partial charge in [-0.05, 0) is 23.6 Å². The molecule has 28 heavy (non-hydrogen) atoms. The molecule has 0 saturated carbocycles. The highest BCUT2D eigenvalue weighted by molar-refractivity contribution is 5.83. The maximum atomic E-state index is 13.2. The molecule has 0 saturated heterocycles. The second-order valence-electron chi connectivity index (χ2n) is 7.20. The zero-order chi connectivity index (χ0) is 19.3. The molecule has 1 N–H and O–H groups in total. The minimum absolute atomic E-state index is 0.0318. The molecule has 2 aromatic heterocycles. The van der Waals surface area contributed by atoms with Crippen molar-refractivity contribution in [1.82, 2.24) is 24.8 Å². The van der Waals surface area contributed by atoms with E-state index in [1.807, 2.05) is 54.5 Å². The number of hydrogen-bond acceptors (Lipinski definition) is 4. The lowest BCUT2D eigenvalue weighted by Gasteiger charge is -2.35. The van der Waals surface area contributed by atoms with Gasteiger partial charge in [0.15, 0.2) is 0 Å². The molecule has 6 nitrogen and oxygen atoms in total. The number of aryl methyl sites for hydroxylation is 1. The summed E-state index contributed by atoms with van der Waals surface area (Å²) >= 11 is 0. The fraction of sp³-hybridized carbons (Fsp3) is 0.318. The van der Waals surface area contributed by atoms with Crippen LogP contribution in [0.1, 0.15) is 28.6 Å². The molecule has 6 heteroatoms. The summed E-state index contributed by atoms with van der Waals surface area (Å²) in [7, 11) is 1.97. The van der Waals surface area contributed by atoms with Gasteiger partial charge in [0.1, 0.15) is 6.04 Å². The number of benzene rings is 1. The summed E-state index contributed by atoms with van der Waals surface area (Å²) in [6.45, 7) is 2.15. The second kappa shape index (κ2) is 8.35. The first kappa shape index (κ1) is 18.4. The number of pyridine rings is 1. The summed E-state index contributed by atoms with van der Waals surface area (Å²) in [6.07, 6.45) is 7.04. The molecule has 144 valence electrons. The van der Waals surface area contributed by atoms with Gasteiger partial charge in [-0.1, -0.05) is 36.4 Å². The van der Waals surface area contributed by atoms with Crippen molar-refractivity contribution in [2.45, 2.75) is 25.4 Å². The maximum absolute atomic E-state index is 13.2. The molecule has 1 aliphatic heterocycles. The first-order valence-corrected chi connectivity index (χ1v) is 9.67. The molecule has 0 fully saturated rings. The van der Waals surface area contributed by atoms with Gasteiger partial charge in [-0.25, -0.2) is 4.98 Å². The number of hydrogen-bond donors (Lipinski definition) is 1. The number of carbonyl (C=O) groups is 1. The van der Waals surface area contributed by atoms with Crippen LogP contribution < -0.4 is 5.32 Å². The van der Waals surface area contributed by atoms with Gasteiger partial charge in [0.25, 0.3) is 0 Å². The van der Waals surface area contributed by atoms with E-state index in [2.05, 4.69) is 32.3 Å². The molecule has 1 unspecified atom stereocenters. The molecule has 1 aromatic carbocycles. The van der Waals surface area contributed by atoms with Crippen molar-refractivity contribution in [2.75, 3.05) is 13.1 Å². The lowest BCUT2D eigenvalue weighted by atomic mass is 10.0. The Morgan fingerprint density at radius 3 is 2.79 bits per heavy atom. The number of fused-ring (bicyclic) bond motifs is 1. The summed E-state index contributed by atoms with van der Waals surface area (Å²) in [4.78, 5) is 24.1. The summed E-state index contributed by atoms with van der Waals surface area (Å²) < 4.78 is 1.98. The average molecular weight is 375 g/mol. The topological polar surface area (TPSA) is 63.1 Å². The fourth-order valence-corrected chi connectivity index (χ4v) is 3.83. The van der Waals surface area contributed by atoms with E-state index >= 15 is 0 Å². The average Bonchev–Trinajstić information content (AvgIpc) is 3.10. The van der Waals surface area contributed by atoms with E-state index < -0.39 is 0 Å². The molecule has 4 rings (SSSR count). The Morgan fingerprint density at radius 1 is 1.18 bits per heavy atom. The van der Waals surface area contributed by atoms with Crippen LogP contribution in [0, 0.1) is 0 Å². The monoisotopic (exact) mass is 375 g/mol. The van der Waals surface area contributed by atoms with Gasteiger partial charge >= 0.3 is 0 Å². The maximum Gasteiger partial charge on any atom is 0.243 e. The van der Waals surface area contributed by atoms with E-state index in [1.165, 1.54) is 5.56 Å². The van der Waals surface area contributed by atoms with Crippen LogP contribution >= 0.6 is 0 Å². The minimum Gasteiger partial charge on any atom is -0.354 e. The predicted octanol–water partition coefficient (Wildman–Crippen LogP) is 2.27. The van der Waals surface area contributed by atoms with Crippen LogP contribution in [0.15, 0.2) is 61.2 Å². The highest BCUT2D eigenvalue weighted by Gasteiger charge is 2.35. The molecule has 1 aliphatic rings. The summed E-state index contributed by atoms with van der Waals surface area (Å²) in [5.41, 5.74) is 4.36. The van der Waals surface area contributed by atoms with Gasteiger partial charge in [0.2, 0.25) is 5.91 Å². The molecular formula is C22H25N5O. The van der Waals surface area contributed by atoms with Crippen molar-refractivity contribution in [3.8, 4) is 0 Å². The molecule has 1 amide bonds. The zero-order valence-electron chi connectivity index (χ0n) is 16.1. The van der Waals surface area contributed by atoms with E-state index in [4.69, 9.17) is 0 Å². The van der Waals surface area contributed by atoms with Crippen LogP contribution in [0.3, 0.4) is 0 Å². The Morgan fingerprint density at radius 2 is 2.00 bits per heavy atom. The van der Waals surface area contributed by atoms with E-state index in [0.29, 0.717) is 6.54 Å². The van der Waals surface area contributed by atoms with Crippen LogP contribution in [0.25, 0.3) is 0 Å². The predicted molar refractivity (Wildman–Crippen MR) is 107 cm³/mol. The molecule has 0 spiro atoms. The van der Waals surface area contributed by atoms with Crippen LogP contribution in [0.4, 0.5) is 0 Å². The normalized spacial score (nSPS) is 16.5. The molecule has 1 atom stereocenters. The van der Waals surface area contributed by atoms with Gasteiger partial charge < -0.3 is 9.88 Å². The molecular weight excluding hydrogens is 350 g/mol. The Balaban J connectivity index is 1.51. The van der Waals surface area contributed by atoms with E-state index in [9.17, 15) is 4.79 Å².